The van der Waals surface area contributed by atoms with Crippen LogP contribution in [0.25, 0.3) is 0 Å². The van der Waals surface area contributed by atoms with Crippen molar-refractivity contribution in [3.63, 3.8) is 0 Å². The molecule has 6 heteroatoms. The molecule has 6 nitrogen and oxygen atoms in total. The molecule has 0 aliphatic carbocycles. The van der Waals surface area contributed by atoms with Crippen LogP contribution in [-0.2, 0) is 0 Å². The summed E-state index contributed by atoms with van der Waals surface area (Å²) in [6.45, 7) is 6.19. The van der Waals surface area contributed by atoms with Gasteiger partial charge in [0.1, 0.15) is 0 Å². The molecule has 4 N–H and O–H groups in total. The first-order chi connectivity index (χ1) is 9.01. The predicted octanol–water partition coefficient (Wildman–Crippen LogP) is 2.36. The Bertz CT molecular complexity index is 429. The highest BCUT2D eigenvalue weighted by Crippen LogP contribution is 2.13. The summed E-state index contributed by atoms with van der Waals surface area (Å²) in [5.41, 5.74) is 1.33. The number of benzene rings is 1. The number of amides is 4. The van der Waals surface area contributed by atoms with Gasteiger partial charge in [-0.25, -0.2) is 9.59 Å². The molecular formula is C13H20N4O2. The highest BCUT2D eigenvalue weighted by atomic mass is 16.2. The molecule has 0 aliphatic heterocycles. The highest BCUT2D eigenvalue weighted by Gasteiger charge is 2.04. The summed E-state index contributed by atoms with van der Waals surface area (Å²) in [5, 5.41) is 10.7. The number of rotatable bonds is 4. The van der Waals surface area contributed by atoms with Crippen molar-refractivity contribution < 1.29 is 9.59 Å². The van der Waals surface area contributed by atoms with Crippen molar-refractivity contribution in [3.05, 3.63) is 24.3 Å². The monoisotopic (exact) mass is 264 g/mol. The van der Waals surface area contributed by atoms with Gasteiger partial charge in [-0.2, -0.15) is 0 Å². The van der Waals surface area contributed by atoms with Gasteiger partial charge in [-0.1, -0.05) is 0 Å². The van der Waals surface area contributed by atoms with Gasteiger partial charge < -0.3 is 21.3 Å². The van der Waals surface area contributed by atoms with Crippen LogP contribution in [0.4, 0.5) is 21.0 Å². The molecule has 0 unspecified atom stereocenters. The Labute approximate surface area is 113 Å². The zero-order valence-corrected chi connectivity index (χ0v) is 11.4. The summed E-state index contributed by atoms with van der Waals surface area (Å²) >= 11 is 0. The molecule has 0 heterocycles. The number of nitrogens with one attached hydrogen (secondary N) is 4. The Balaban J connectivity index is 2.52. The van der Waals surface area contributed by atoms with Gasteiger partial charge in [0.25, 0.3) is 0 Å². The molecule has 0 saturated heterocycles. The fraction of sp³-hybridized carbons (Fsp3) is 0.385. The SMILES string of the molecule is CCNC(=O)Nc1ccc(NC(=O)NC(C)C)cc1. The lowest BCUT2D eigenvalue weighted by Crippen LogP contribution is -2.34. The van der Waals surface area contributed by atoms with Crippen LogP contribution < -0.4 is 21.3 Å². The van der Waals surface area contributed by atoms with E-state index < -0.39 is 0 Å². The predicted molar refractivity (Wildman–Crippen MR) is 76.4 cm³/mol. The van der Waals surface area contributed by atoms with Crippen LogP contribution >= 0.6 is 0 Å². The number of hydrogen-bond acceptors (Lipinski definition) is 2. The van der Waals surface area contributed by atoms with E-state index in [0.29, 0.717) is 17.9 Å². The molecule has 4 amide bonds. The fourth-order valence-electron chi connectivity index (χ4n) is 1.40. The lowest BCUT2D eigenvalue weighted by Gasteiger charge is -2.11. The third-order valence-corrected chi connectivity index (χ3v) is 2.16. The zero-order chi connectivity index (χ0) is 14.3. The van der Waals surface area contributed by atoms with E-state index in [4.69, 9.17) is 0 Å². The van der Waals surface area contributed by atoms with Crippen LogP contribution in [0.3, 0.4) is 0 Å². The van der Waals surface area contributed by atoms with Gasteiger partial charge in [-0.15, -0.1) is 0 Å². The Morgan fingerprint density at radius 2 is 1.47 bits per heavy atom. The van der Waals surface area contributed by atoms with Crippen LogP contribution in [0.5, 0.6) is 0 Å². The standard InChI is InChI=1S/C13H20N4O2/c1-4-14-12(18)16-10-5-7-11(8-6-10)17-13(19)15-9(2)3/h5-9H,4H2,1-3H3,(H2,14,16,18)(H2,15,17,19). The average molecular weight is 264 g/mol. The molecule has 0 spiro atoms. The number of carbonyl (C=O) groups is 2. The normalized spacial score (nSPS) is 9.89. The summed E-state index contributed by atoms with van der Waals surface area (Å²) in [4.78, 5) is 22.8. The summed E-state index contributed by atoms with van der Waals surface area (Å²) in [6.07, 6.45) is 0. The summed E-state index contributed by atoms with van der Waals surface area (Å²) in [7, 11) is 0. The number of carbonyl (C=O) groups excluding carboxylic acids is 2. The maximum atomic E-state index is 11.5. The van der Waals surface area contributed by atoms with Crippen molar-refractivity contribution in [3.8, 4) is 0 Å². The lowest BCUT2D eigenvalue weighted by atomic mass is 10.3. The van der Waals surface area contributed by atoms with Gasteiger partial charge in [-0.3, -0.25) is 0 Å². The first-order valence-corrected chi connectivity index (χ1v) is 6.23. The molecule has 0 saturated carbocycles. The summed E-state index contributed by atoms with van der Waals surface area (Å²) in [6, 6.07) is 6.47. The first kappa shape index (κ1) is 14.8. The molecule has 0 atom stereocenters. The molecule has 0 aliphatic rings. The van der Waals surface area contributed by atoms with E-state index >= 15 is 0 Å². The minimum Gasteiger partial charge on any atom is -0.338 e. The largest absolute Gasteiger partial charge is 0.338 e. The van der Waals surface area contributed by atoms with E-state index in [1.807, 2.05) is 20.8 Å². The number of urea groups is 2. The molecule has 0 aromatic heterocycles. The summed E-state index contributed by atoms with van der Waals surface area (Å²) < 4.78 is 0. The van der Waals surface area contributed by atoms with Gasteiger partial charge in [0.2, 0.25) is 0 Å². The second-order valence-electron chi connectivity index (χ2n) is 4.31. The molecule has 0 bridgehead atoms. The molecule has 0 radical (unpaired) electrons. The van der Waals surface area contributed by atoms with E-state index in [0.717, 1.165) is 0 Å². The van der Waals surface area contributed by atoms with Gasteiger partial charge in [0, 0.05) is 24.0 Å². The smallest absolute Gasteiger partial charge is 0.319 e. The Kier molecular flexibility index (Phi) is 5.66. The molecular weight excluding hydrogens is 244 g/mol. The topological polar surface area (TPSA) is 82.3 Å². The molecule has 1 aromatic rings. The third-order valence-electron chi connectivity index (χ3n) is 2.16. The van der Waals surface area contributed by atoms with Gasteiger partial charge >= 0.3 is 12.1 Å². The maximum Gasteiger partial charge on any atom is 0.319 e. The van der Waals surface area contributed by atoms with Crippen molar-refractivity contribution in [1.82, 2.24) is 10.6 Å². The van der Waals surface area contributed by atoms with Gasteiger partial charge in [0.15, 0.2) is 0 Å². The molecule has 1 rings (SSSR count). The zero-order valence-electron chi connectivity index (χ0n) is 11.4. The first-order valence-electron chi connectivity index (χ1n) is 6.23. The Morgan fingerprint density at radius 1 is 1.00 bits per heavy atom. The maximum absolute atomic E-state index is 11.5. The Hall–Kier alpha value is -2.24. The van der Waals surface area contributed by atoms with Crippen molar-refractivity contribution in [2.24, 2.45) is 0 Å². The van der Waals surface area contributed by atoms with Crippen molar-refractivity contribution in [2.75, 3.05) is 17.2 Å². The Morgan fingerprint density at radius 3 is 1.89 bits per heavy atom. The van der Waals surface area contributed by atoms with E-state index in [1.54, 1.807) is 24.3 Å². The molecule has 19 heavy (non-hydrogen) atoms. The van der Waals surface area contributed by atoms with E-state index in [-0.39, 0.29) is 18.1 Å². The lowest BCUT2D eigenvalue weighted by molar-refractivity contribution is 0.249. The van der Waals surface area contributed by atoms with Gasteiger partial charge in [-0.05, 0) is 45.0 Å². The van der Waals surface area contributed by atoms with Crippen molar-refractivity contribution >= 4 is 23.4 Å². The van der Waals surface area contributed by atoms with Crippen LogP contribution in [0, 0.1) is 0 Å². The van der Waals surface area contributed by atoms with E-state index in [2.05, 4.69) is 21.3 Å². The van der Waals surface area contributed by atoms with Crippen molar-refractivity contribution in [1.29, 1.82) is 0 Å². The van der Waals surface area contributed by atoms with Crippen molar-refractivity contribution in [2.45, 2.75) is 26.8 Å². The van der Waals surface area contributed by atoms with E-state index in [9.17, 15) is 9.59 Å². The fourth-order valence-corrected chi connectivity index (χ4v) is 1.40. The molecule has 104 valence electrons. The second-order valence-corrected chi connectivity index (χ2v) is 4.31. The number of anilines is 2. The van der Waals surface area contributed by atoms with E-state index in [1.165, 1.54) is 0 Å². The van der Waals surface area contributed by atoms with Crippen LogP contribution in [0.1, 0.15) is 20.8 Å². The van der Waals surface area contributed by atoms with Crippen LogP contribution in [-0.4, -0.2) is 24.6 Å². The van der Waals surface area contributed by atoms with Crippen LogP contribution in [0.2, 0.25) is 0 Å². The minimum absolute atomic E-state index is 0.0821. The average Bonchev–Trinajstić information content (AvgIpc) is 2.31. The van der Waals surface area contributed by atoms with Crippen LogP contribution in [0.15, 0.2) is 24.3 Å². The highest BCUT2D eigenvalue weighted by molar-refractivity contribution is 5.91. The molecule has 1 aromatic carbocycles. The summed E-state index contributed by atoms with van der Waals surface area (Å²) in [5.74, 6) is 0. The second kappa shape index (κ2) is 7.25. The third kappa shape index (κ3) is 5.76. The van der Waals surface area contributed by atoms with Gasteiger partial charge in [0.05, 0.1) is 0 Å². The minimum atomic E-state index is -0.251. The quantitative estimate of drug-likeness (QED) is 0.673. The molecule has 0 fully saturated rings. The number of hydrogen-bond donors (Lipinski definition) is 4.